The van der Waals surface area contributed by atoms with Crippen molar-refractivity contribution in [2.24, 2.45) is 0 Å². The van der Waals surface area contributed by atoms with Gasteiger partial charge in [0, 0.05) is 10.6 Å². The van der Waals surface area contributed by atoms with Crippen molar-refractivity contribution < 1.29 is 19.2 Å². The molecule has 0 aliphatic carbocycles. The van der Waals surface area contributed by atoms with Crippen LogP contribution in [-0.4, -0.2) is 37.9 Å². The van der Waals surface area contributed by atoms with Gasteiger partial charge in [0.05, 0.1) is 6.42 Å². The highest BCUT2D eigenvalue weighted by molar-refractivity contribution is 7.91. The molecule has 0 aromatic heterocycles. The first-order valence-electron chi connectivity index (χ1n) is 10.6. The molecule has 1 saturated heterocycles. The average molecular weight is 462 g/mol. The van der Waals surface area contributed by atoms with E-state index in [4.69, 9.17) is 11.6 Å². The summed E-state index contributed by atoms with van der Waals surface area (Å²) in [5.74, 6) is -0.913. The Bertz CT molecular complexity index is 862. The normalized spacial score (nSPS) is 17.8. The summed E-state index contributed by atoms with van der Waals surface area (Å²) in [6.45, 7) is 0. The predicted molar refractivity (Wildman–Crippen MR) is 123 cm³/mol. The summed E-state index contributed by atoms with van der Waals surface area (Å²) in [5.41, 5.74) is 2.16. The molecule has 1 aliphatic heterocycles. The van der Waals surface area contributed by atoms with Crippen molar-refractivity contribution in [1.29, 1.82) is 0 Å². The van der Waals surface area contributed by atoms with E-state index in [9.17, 15) is 19.2 Å². The third-order valence-corrected chi connectivity index (χ3v) is 7.50. The minimum Gasteiger partial charge on any atom is -0.614 e. The second kappa shape index (κ2) is 11.6. The molecule has 2 aromatic carbocycles. The number of carbonyl (C=O) groups is 2. The van der Waals surface area contributed by atoms with Crippen molar-refractivity contribution in [2.75, 3.05) is 0 Å². The summed E-state index contributed by atoms with van der Waals surface area (Å²) in [7, 11) is 0. The van der Waals surface area contributed by atoms with Gasteiger partial charge in [0.1, 0.15) is 11.8 Å². The molecule has 0 bridgehead atoms. The van der Waals surface area contributed by atoms with E-state index >= 15 is 0 Å². The molecule has 1 heterocycles. The lowest BCUT2D eigenvalue weighted by Crippen LogP contribution is -2.62. The number of halogens is 1. The minimum absolute atomic E-state index is 0.157. The highest BCUT2D eigenvalue weighted by Gasteiger charge is 2.49. The number of aliphatic carboxylic acids is 1. The highest BCUT2D eigenvalue weighted by Crippen LogP contribution is 2.31. The zero-order valence-corrected chi connectivity index (χ0v) is 19.0. The molecule has 3 unspecified atom stereocenters. The van der Waals surface area contributed by atoms with Crippen LogP contribution in [0.4, 0.5) is 0 Å². The molecule has 3 rings (SSSR count). The molecule has 31 heavy (non-hydrogen) atoms. The maximum Gasteiger partial charge on any atom is 0.326 e. The van der Waals surface area contributed by atoms with Crippen LogP contribution in [-0.2, 0) is 32.9 Å². The lowest BCUT2D eigenvalue weighted by atomic mass is 10.0. The fourth-order valence-electron chi connectivity index (χ4n) is 3.88. The molecule has 1 N–H and O–H groups in total. The number of carbonyl (C=O) groups excluding carboxylic acids is 1. The maximum atomic E-state index is 12.8. The summed E-state index contributed by atoms with van der Waals surface area (Å²) < 4.78 is 12.8. The Balaban J connectivity index is 1.44. The Labute approximate surface area is 191 Å². The van der Waals surface area contributed by atoms with E-state index < -0.39 is 28.6 Å². The van der Waals surface area contributed by atoms with Gasteiger partial charge in [0.2, 0.25) is 5.91 Å². The van der Waals surface area contributed by atoms with Gasteiger partial charge in [-0.3, -0.25) is 9.69 Å². The van der Waals surface area contributed by atoms with Crippen LogP contribution in [0.15, 0.2) is 54.6 Å². The van der Waals surface area contributed by atoms with Crippen LogP contribution < -0.4 is 0 Å². The van der Waals surface area contributed by atoms with E-state index in [0.717, 1.165) is 42.7 Å². The first kappa shape index (κ1) is 23.6. The number of carboxylic acids is 1. The average Bonchev–Trinajstić information content (AvgIpc) is 2.75. The maximum absolute atomic E-state index is 12.8. The Morgan fingerprint density at radius 2 is 1.74 bits per heavy atom. The number of hydrogen-bond donors (Lipinski definition) is 1. The van der Waals surface area contributed by atoms with E-state index in [1.165, 1.54) is 10.5 Å². The van der Waals surface area contributed by atoms with Gasteiger partial charge >= 0.3 is 5.97 Å². The molecule has 7 heteroatoms. The molecule has 166 valence electrons. The number of likely N-dealkylation sites (tertiary alicyclic amines) is 1. The molecular formula is C24H28ClNO4S. The monoisotopic (exact) mass is 461 g/mol. The molecule has 0 saturated carbocycles. The van der Waals surface area contributed by atoms with Crippen molar-refractivity contribution in [3.8, 4) is 0 Å². The largest absolute Gasteiger partial charge is 0.614 e. The van der Waals surface area contributed by atoms with Crippen molar-refractivity contribution in [3.63, 3.8) is 0 Å². The van der Waals surface area contributed by atoms with Crippen LogP contribution in [0, 0.1) is 0 Å². The molecular weight excluding hydrogens is 434 g/mol. The zero-order chi connectivity index (χ0) is 22.2. The van der Waals surface area contributed by atoms with Gasteiger partial charge in [-0.15, -0.1) is 0 Å². The quantitative estimate of drug-likeness (QED) is 0.280. The van der Waals surface area contributed by atoms with Crippen molar-refractivity contribution in [1.82, 2.24) is 4.90 Å². The van der Waals surface area contributed by atoms with Crippen molar-refractivity contribution in [2.45, 2.75) is 62.1 Å². The summed E-state index contributed by atoms with van der Waals surface area (Å²) in [4.78, 5) is 25.4. The molecule has 2 aromatic rings. The molecule has 1 aliphatic rings. The van der Waals surface area contributed by atoms with Crippen LogP contribution in [0.1, 0.15) is 49.7 Å². The van der Waals surface area contributed by atoms with Gasteiger partial charge in [0.15, 0.2) is 5.37 Å². The Kier molecular flexibility index (Phi) is 8.81. The Morgan fingerprint density at radius 3 is 2.39 bits per heavy atom. The standard InChI is InChI=1S/C24H28ClNO4S/c25-20-14-12-18(13-15-20)8-4-1-2-7-11-21(24(28)29)26-22(27)16-23(26)31(30)17-19-9-5-3-6-10-19/h3,5-6,9-10,12-15,21,23H,1-2,4,7-8,11,16-17H2,(H,28,29). The van der Waals surface area contributed by atoms with Gasteiger partial charge < -0.3 is 9.66 Å². The molecule has 0 radical (unpaired) electrons. The smallest absolute Gasteiger partial charge is 0.326 e. The van der Waals surface area contributed by atoms with Gasteiger partial charge in [-0.05, 0) is 48.1 Å². The number of unbranched alkanes of at least 4 members (excludes halogenated alkanes) is 3. The fraction of sp³-hybridized carbons (Fsp3) is 0.417. The van der Waals surface area contributed by atoms with Gasteiger partial charge in [-0.25, -0.2) is 4.79 Å². The van der Waals surface area contributed by atoms with E-state index in [-0.39, 0.29) is 12.3 Å². The summed E-state index contributed by atoms with van der Waals surface area (Å²) in [5, 5.41) is 9.90. The third-order valence-electron chi connectivity index (χ3n) is 5.63. The van der Waals surface area contributed by atoms with Crippen LogP contribution in [0.3, 0.4) is 0 Å². The predicted octanol–water partition coefficient (Wildman–Crippen LogP) is 4.79. The number of aryl methyl sites for hydroxylation is 1. The summed E-state index contributed by atoms with van der Waals surface area (Å²) in [6.07, 6.45) is 5.14. The summed E-state index contributed by atoms with van der Waals surface area (Å²) in [6, 6.07) is 16.3. The van der Waals surface area contributed by atoms with Gasteiger partial charge in [0.25, 0.3) is 0 Å². The van der Waals surface area contributed by atoms with E-state index in [0.29, 0.717) is 12.2 Å². The third kappa shape index (κ3) is 6.73. The lowest BCUT2D eigenvalue weighted by Gasteiger charge is -2.43. The van der Waals surface area contributed by atoms with E-state index in [2.05, 4.69) is 0 Å². The number of rotatable bonds is 12. The minimum atomic E-state index is -1.32. The molecule has 5 nitrogen and oxygen atoms in total. The first-order chi connectivity index (χ1) is 15.0. The zero-order valence-electron chi connectivity index (χ0n) is 17.4. The number of nitrogens with zero attached hydrogens (tertiary/aromatic N) is 1. The van der Waals surface area contributed by atoms with Crippen molar-refractivity contribution in [3.05, 3.63) is 70.7 Å². The first-order valence-corrected chi connectivity index (χ1v) is 12.4. The van der Waals surface area contributed by atoms with Crippen LogP contribution in [0.25, 0.3) is 0 Å². The molecule has 1 fully saturated rings. The number of β-lactam (4-membered cyclic amide) rings is 1. The summed E-state index contributed by atoms with van der Waals surface area (Å²) >= 11 is 4.58. The second-order valence-electron chi connectivity index (χ2n) is 7.90. The van der Waals surface area contributed by atoms with Crippen LogP contribution in [0.2, 0.25) is 5.02 Å². The number of benzene rings is 2. The van der Waals surface area contributed by atoms with E-state index in [1.54, 1.807) is 0 Å². The number of carboxylic acid groups (broad SMARTS) is 1. The number of hydrogen-bond acceptors (Lipinski definition) is 3. The Hall–Kier alpha value is -2.02. The topological polar surface area (TPSA) is 80.7 Å². The van der Waals surface area contributed by atoms with Crippen LogP contribution in [0.5, 0.6) is 0 Å². The van der Waals surface area contributed by atoms with Gasteiger partial charge in [-0.1, -0.05) is 73.3 Å². The van der Waals surface area contributed by atoms with E-state index in [1.807, 2.05) is 54.6 Å². The Morgan fingerprint density at radius 1 is 1.06 bits per heavy atom. The lowest BCUT2D eigenvalue weighted by molar-refractivity contribution is -0.158. The SMILES string of the molecule is O=C(O)C(CCCCCCc1ccc(Cl)cc1)N1C(=O)CC1[S+]([O-])Cc1ccccc1. The molecule has 3 atom stereocenters. The van der Waals surface area contributed by atoms with Crippen molar-refractivity contribution >= 4 is 34.7 Å². The molecule has 0 spiro atoms. The fourth-order valence-corrected chi connectivity index (χ4v) is 5.57. The van der Waals surface area contributed by atoms with Gasteiger partial charge in [-0.2, -0.15) is 0 Å². The second-order valence-corrected chi connectivity index (χ2v) is 9.93. The van der Waals surface area contributed by atoms with Crippen LogP contribution >= 0.6 is 11.6 Å². The number of amides is 1. The highest BCUT2D eigenvalue weighted by atomic mass is 35.5. The molecule has 1 amide bonds.